The summed E-state index contributed by atoms with van der Waals surface area (Å²) < 4.78 is 26.9. The Hall–Kier alpha value is -0.170. The SMILES string of the molecule is O=S(=O)(NCCN1CCCCC1)C1CCNCC1. The van der Waals surface area contributed by atoms with E-state index in [1.54, 1.807) is 0 Å². The minimum atomic E-state index is -3.10. The van der Waals surface area contributed by atoms with Crippen LogP contribution in [-0.2, 0) is 10.0 Å². The second-order valence-electron chi connectivity index (χ2n) is 5.29. The lowest BCUT2D eigenvalue weighted by Gasteiger charge is -2.27. The van der Waals surface area contributed by atoms with E-state index in [1.165, 1.54) is 19.3 Å². The van der Waals surface area contributed by atoms with Crippen molar-refractivity contribution in [3.63, 3.8) is 0 Å². The molecule has 2 heterocycles. The molecular weight excluding hydrogens is 250 g/mol. The van der Waals surface area contributed by atoms with Gasteiger partial charge >= 0.3 is 0 Å². The Kier molecular flexibility index (Phi) is 5.41. The molecule has 106 valence electrons. The van der Waals surface area contributed by atoms with Crippen LogP contribution in [-0.4, -0.2) is 57.8 Å². The Morgan fingerprint density at radius 3 is 2.44 bits per heavy atom. The van der Waals surface area contributed by atoms with Gasteiger partial charge in [-0.3, -0.25) is 0 Å². The number of nitrogens with one attached hydrogen (secondary N) is 2. The van der Waals surface area contributed by atoms with E-state index in [0.29, 0.717) is 6.54 Å². The second kappa shape index (κ2) is 6.84. The molecule has 2 aliphatic heterocycles. The molecule has 2 rings (SSSR count). The van der Waals surface area contributed by atoms with E-state index in [1.807, 2.05) is 0 Å². The Morgan fingerprint density at radius 2 is 1.78 bits per heavy atom. The number of rotatable bonds is 5. The van der Waals surface area contributed by atoms with Crippen LogP contribution < -0.4 is 10.0 Å². The van der Waals surface area contributed by atoms with E-state index in [9.17, 15) is 8.42 Å². The average molecular weight is 275 g/mol. The lowest BCUT2D eigenvalue weighted by molar-refractivity contribution is 0.232. The fourth-order valence-corrected chi connectivity index (χ4v) is 4.22. The third-order valence-corrected chi connectivity index (χ3v) is 5.86. The molecule has 0 radical (unpaired) electrons. The predicted molar refractivity (Wildman–Crippen MR) is 73.1 cm³/mol. The van der Waals surface area contributed by atoms with Crippen LogP contribution in [0.5, 0.6) is 0 Å². The Labute approximate surface area is 110 Å². The molecule has 2 aliphatic rings. The van der Waals surface area contributed by atoms with Gasteiger partial charge in [0, 0.05) is 13.1 Å². The Bertz CT molecular complexity index is 333. The van der Waals surface area contributed by atoms with E-state index in [4.69, 9.17) is 0 Å². The predicted octanol–water partition coefficient (Wildman–Crippen LogP) is 0.144. The minimum absolute atomic E-state index is 0.194. The maximum Gasteiger partial charge on any atom is 0.214 e. The van der Waals surface area contributed by atoms with Gasteiger partial charge < -0.3 is 10.2 Å². The normalized spacial score (nSPS) is 24.2. The number of likely N-dealkylation sites (tertiary alicyclic amines) is 1. The van der Waals surface area contributed by atoms with Crippen molar-refractivity contribution < 1.29 is 8.42 Å². The van der Waals surface area contributed by atoms with Gasteiger partial charge in [0.05, 0.1) is 5.25 Å². The van der Waals surface area contributed by atoms with E-state index in [2.05, 4.69) is 14.9 Å². The quantitative estimate of drug-likeness (QED) is 0.749. The van der Waals surface area contributed by atoms with Crippen molar-refractivity contribution in [3.05, 3.63) is 0 Å². The topological polar surface area (TPSA) is 61.4 Å². The van der Waals surface area contributed by atoms with Crippen LogP contribution in [0.4, 0.5) is 0 Å². The van der Waals surface area contributed by atoms with Gasteiger partial charge in [-0.05, 0) is 51.9 Å². The first kappa shape index (κ1) is 14.2. The van der Waals surface area contributed by atoms with Gasteiger partial charge in [0.2, 0.25) is 10.0 Å². The van der Waals surface area contributed by atoms with Crippen LogP contribution in [0.1, 0.15) is 32.1 Å². The fourth-order valence-electron chi connectivity index (χ4n) is 2.75. The lowest BCUT2D eigenvalue weighted by Crippen LogP contribution is -2.44. The molecule has 0 aromatic carbocycles. The molecule has 18 heavy (non-hydrogen) atoms. The van der Waals surface area contributed by atoms with E-state index < -0.39 is 10.0 Å². The summed E-state index contributed by atoms with van der Waals surface area (Å²) in [5.74, 6) is 0. The highest BCUT2D eigenvalue weighted by atomic mass is 32.2. The molecule has 0 aromatic rings. The fraction of sp³-hybridized carbons (Fsp3) is 1.00. The Morgan fingerprint density at radius 1 is 1.11 bits per heavy atom. The van der Waals surface area contributed by atoms with Crippen molar-refractivity contribution in [2.75, 3.05) is 39.3 Å². The van der Waals surface area contributed by atoms with Gasteiger partial charge in [-0.25, -0.2) is 13.1 Å². The van der Waals surface area contributed by atoms with Crippen molar-refractivity contribution >= 4 is 10.0 Å². The largest absolute Gasteiger partial charge is 0.317 e. The number of piperidine rings is 2. The molecule has 2 fully saturated rings. The first-order valence-electron chi connectivity index (χ1n) is 7.10. The van der Waals surface area contributed by atoms with Crippen LogP contribution >= 0.6 is 0 Å². The van der Waals surface area contributed by atoms with Gasteiger partial charge in [-0.2, -0.15) is 0 Å². The molecule has 0 saturated carbocycles. The van der Waals surface area contributed by atoms with Gasteiger partial charge in [0.25, 0.3) is 0 Å². The van der Waals surface area contributed by atoms with Crippen LogP contribution in [0.3, 0.4) is 0 Å². The summed E-state index contributed by atoms with van der Waals surface area (Å²) in [7, 11) is -3.10. The van der Waals surface area contributed by atoms with Crippen LogP contribution in [0.25, 0.3) is 0 Å². The van der Waals surface area contributed by atoms with E-state index in [-0.39, 0.29) is 5.25 Å². The van der Waals surface area contributed by atoms with Gasteiger partial charge in [-0.1, -0.05) is 6.42 Å². The number of hydrogen-bond donors (Lipinski definition) is 2. The summed E-state index contributed by atoms with van der Waals surface area (Å²) in [6.45, 7) is 5.29. The zero-order valence-corrected chi connectivity index (χ0v) is 11.8. The molecule has 0 atom stereocenters. The zero-order valence-electron chi connectivity index (χ0n) is 11.0. The molecule has 2 saturated heterocycles. The molecule has 6 heteroatoms. The minimum Gasteiger partial charge on any atom is -0.317 e. The van der Waals surface area contributed by atoms with Gasteiger partial charge in [0.15, 0.2) is 0 Å². The zero-order chi connectivity index (χ0) is 12.8. The summed E-state index contributed by atoms with van der Waals surface area (Å²) in [5.41, 5.74) is 0. The third kappa shape index (κ3) is 4.19. The molecule has 0 spiro atoms. The highest BCUT2D eigenvalue weighted by Gasteiger charge is 2.26. The van der Waals surface area contributed by atoms with Crippen LogP contribution in [0, 0.1) is 0 Å². The van der Waals surface area contributed by atoms with Crippen LogP contribution in [0.15, 0.2) is 0 Å². The van der Waals surface area contributed by atoms with Gasteiger partial charge in [0.1, 0.15) is 0 Å². The highest BCUT2D eigenvalue weighted by Crippen LogP contribution is 2.12. The van der Waals surface area contributed by atoms with Crippen molar-refractivity contribution in [1.29, 1.82) is 0 Å². The molecule has 0 unspecified atom stereocenters. The molecular formula is C12H25N3O2S. The average Bonchev–Trinajstić information content (AvgIpc) is 2.41. The van der Waals surface area contributed by atoms with Crippen LogP contribution in [0.2, 0.25) is 0 Å². The number of sulfonamides is 1. The lowest BCUT2D eigenvalue weighted by atomic mass is 10.1. The summed E-state index contributed by atoms with van der Waals surface area (Å²) in [4.78, 5) is 2.36. The van der Waals surface area contributed by atoms with E-state index >= 15 is 0 Å². The molecule has 0 amide bonds. The van der Waals surface area contributed by atoms with Crippen molar-refractivity contribution in [3.8, 4) is 0 Å². The molecule has 0 bridgehead atoms. The van der Waals surface area contributed by atoms with Crippen molar-refractivity contribution in [2.24, 2.45) is 0 Å². The highest BCUT2D eigenvalue weighted by molar-refractivity contribution is 7.90. The molecule has 5 nitrogen and oxygen atoms in total. The summed E-state index contributed by atoms with van der Waals surface area (Å²) in [6, 6.07) is 0. The van der Waals surface area contributed by atoms with Crippen molar-refractivity contribution in [1.82, 2.24) is 14.9 Å². The smallest absolute Gasteiger partial charge is 0.214 e. The monoisotopic (exact) mass is 275 g/mol. The molecule has 2 N–H and O–H groups in total. The second-order valence-corrected chi connectivity index (χ2v) is 7.34. The molecule has 0 aromatic heterocycles. The van der Waals surface area contributed by atoms with Crippen molar-refractivity contribution in [2.45, 2.75) is 37.4 Å². The molecule has 0 aliphatic carbocycles. The number of nitrogens with zero attached hydrogens (tertiary/aromatic N) is 1. The maximum atomic E-state index is 12.1. The number of hydrogen-bond acceptors (Lipinski definition) is 4. The summed E-state index contributed by atoms with van der Waals surface area (Å²) >= 11 is 0. The maximum absolute atomic E-state index is 12.1. The first-order chi connectivity index (χ1) is 8.68. The summed E-state index contributed by atoms with van der Waals surface area (Å²) in [5, 5.41) is 3.00. The first-order valence-corrected chi connectivity index (χ1v) is 8.65. The summed E-state index contributed by atoms with van der Waals surface area (Å²) in [6.07, 6.45) is 5.29. The standard InChI is InChI=1S/C12H25N3O2S/c16-18(17,12-4-6-13-7-5-12)14-8-11-15-9-2-1-3-10-15/h12-14H,1-11H2. The third-order valence-electron chi connectivity index (χ3n) is 3.90. The Balaban J connectivity index is 1.70. The van der Waals surface area contributed by atoms with E-state index in [0.717, 1.165) is 45.6 Å². The van der Waals surface area contributed by atoms with Gasteiger partial charge in [-0.15, -0.1) is 0 Å².